The summed E-state index contributed by atoms with van der Waals surface area (Å²) in [6.45, 7) is 0. The Hall–Kier alpha value is -3.83. The molecule has 0 aliphatic carbocycles. The zero-order chi connectivity index (χ0) is 19.0. The monoisotopic (exact) mass is 358 g/mol. The van der Waals surface area contributed by atoms with Crippen molar-refractivity contribution in [1.29, 1.82) is 0 Å². The van der Waals surface area contributed by atoms with E-state index in [1.54, 1.807) is 0 Å². The van der Waals surface area contributed by atoms with Crippen molar-refractivity contribution in [2.24, 2.45) is 4.99 Å². The van der Waals surface area contributed by atoms with Crippen LogP contribution in [0.2, 0.25) is 0 Å². The lowest BCUT2D eigenvalue weighted by molar-refractivity contribution is -0.384. The zero-order valence-electron chi connectivity index (χ0n) is 12.8. The van der Waals surface area contributed by atoms with E-state index in [0.29, 0.717) is 0 Å². The number of carbonyl (C=O) groups excluding carboxylic acids is 1. The molecule has 1 amide bonds. The number of carboxylic acid groups (broad SMARTS) is 1. The highest BCUT2D eigenvalue weighted by Crippen LogP contribution is 2.37. The first kappa shape index (κ1) is 17.0. The van der Waals surface area contributed by atoms with Crippen LogP contribution in [0, 0.1) is 10.1 Å². The highest BCUT2D eigenvalue weighted by molar-refractivity contribution is 6.54. The summed E-state index contributed by atoms with van der Waals surface area (Å²) in [5.74, 6) is -1.92. The summed E-state index contributed by atoms with van der Waals surface area (Å²) in [6, 6.07) is 7.37. The fourth-order valence-corrected chi connectivity index (χ4v) is 2.44. The fourth-order valence-electron chi connectivity index (χ4n) is 2.44. The van der Waals surface area contributed by atoms with E-state index >= 15 is 0 Å². The number of rotatable bonds is 4. The minimum Gasteiger partial charge on any atom is -0.478 e. The molecule has 11 nitrogen and oxygen atoms in total. The van der Waals surface area contributed by atoms with Crippen molar-refractivity contribution in [1.82, 2.24) is 0 Å². The smallest absolute Gasteiger partial charge is 0.335 e. The van der Waals surface area contributed by atoms with E-state index in [2.05, 4.69) is 10.3 Å². The number of hydrogen-bond donors (Lipinski definition) is 4. The van der Waals surface area contributed by atoms with E-state index < -0.39 is 28.2 Å². The third-order valence-corrected chi connectivity index (χ3v) is 3.57. The molecule has 0 radical (unpaired) electrons. The molecule has 0 spiro atoms. The second-order valence-corrected chi connectivity index (χ2v) is 5.20. The molecule has 0 saturated heterocycles. The summed E-state index contributed by atoms with van der Waals surface area (Å²) in [7, 11) is 0. The van der Waals surface area contributed by atoms with Gasteiger partial charge in [0.15, 0.2) is 0 Å². The predicted octanol–water partition coefficient (Wildman–Crippen LogP) is 1.95. The molecule has 0 unspecified atom stereocenters. The number of aliphatic imine (C=N–C) groups is 1. The summed E-state index contributed by atoms with van der Waals surface area (Å²) in [4.78, 5) is 37.6. The molecule has 0 fully saturated rings. The first-order valence-electron chi connectivity index (χ1n) is 7.02. The van der Waals surface area contributed by atoms with Crippen LogP contribution in [0.15, 0.2) is 41.4 Å². The molecular formula is C15H10N4O7. The normalized spacial score (nSPS) is 14.1. The van der Waals surface area contributed by atoms with Crippen LogP contribution >= 0.6 is 0 Å². The Bertz CT molecular complexity index is 984. The molecule has 3 rings (SSSR count). The Kier molecular flexibility index (Phi) is 4.08. The quantitative estimate of drug-likeness (QED) is 0.475. The molecule has 1 aliphatic heterocycles. The van der Waals surface area contributed by atoms with Gasteiger partial charge in [0.1, 0.15) is 11.4 Å². The number of nitro benzene ring substituents is 1. The van der Waals surface area contributed by atoms with Crippen molar-refractivity contribution < 1.29 is 30.0 Å². The minimum absolute atomic E-state index is 0.0203. The Morgan fingerprint density at radius 1 is 1.23 bits per heavy atom. The van der Waals surface area contributed by atoms with Crippen molar-refractivity contribution in [2.75, 3.05) is 10.5 Å². The van der Waals surface area contributed by atoms with Gasteiger partial charge in [0, 0.05) is 17.7 Å². The number of non-ortho nitro benzene ring substituents is 1. The maximum Gasteiger partial charge on any atom is 0.335 e. The summed E-state index contributed by atoms with van der Waals surface area (Å²) in [5, 5.41) is 40.6. The molecule has 0 saturated carbocycles. The molecule has 0 bridgehead atoms. The van der Waals surface area contributed by atoms with E-state index in [-0.39, 0.29) is 33.4 Å². The number of carboxylic acids is 1. The number of benzene rings is 2. The summed E-state index contributed by atoms with van der Waals surface area (Å²) in [6.07, 6.45) is 0. The van der Waals surface area contributed by atoms with Gasteiger partial charge in [-0.15, -0.1) is 5.23 Å². The van der Waals surface area contributed by atoms with Crippen molar-refractivity contribution in [2.45, 2.75) is 0 Å². The topological polar surface area (TPSA) is 166 Å². The number of amides is 1. The van der Waals surface area contributed by atoms with Crippen LogP contribution in [0.1, 0.15) is 15.9 Å². The van der Waals surface area contributed by atoms with Gasteiger partial charge in [0.05, 0.1) is 21.9 Å². The number of carbonyl (C=O) groups is 2. The molecule has 11 heteroatoms. The Balaban J connectivity index is 2.18. The number of anilines is 2. The van der Waals surface area contributed by atoms with Crippen LogP contribution in [-0.4, -0.2) is 38.0 Å². The van der Waals surface area contributed by atoms with Crippen LogP contribution in [0.25, 0.3) is 0 Å². The highest BCUT2D eigenvalue weighted by atomic mass is 16.8. The molecule has 2 aromatic rings. The van der Waals surface area contributed by atoms with Crippen LogP contribution in [0.4, 0.5) is 22.7 Å². The first-order valence-corrected chi connectivity index (χ1v) is 7.02. The lowest BCUT2D eigenvalue weighted by Gasteiger charge is -2.11. The number of hydrogen-bond acceptors (Lipinski definition) is 8. The van der Waals surface area contributed by atoms with Gasteiger partial charge < -0.3 is 10.4 Å². The van der Waals surface area contributed by atoms with Gasteiger partial charge in [-0.1, -0.05) is 6.07 Å². The fraction of sp³-hybridized carbons (Fsp3) is 0. The summed E-state index contributed by atoms with van der Waals surface area (Å²) in [5.41, 5.74) is -1.13. The van der Waals surface area contributed by atoms with E-state index in [9.17, 15) is 30.1 Å². The number of nitrogens with one attached hydrogen (secondary N) is 1. The van der Waals surface area contributed by atoms with Crippen molar-refractivity contribution >= 4 is 40.3 Å². The third kappa shape index (κ3) is 2.94. The van der Waals surface area contributed by atoms with E-state index in [1.807, 2.05) is 0 Å². The Morgan fingerprint density at radius 2 is 1.96 bits per heavy atom. The predicted molar refractivity (Wildman–Crippen MR) is 87.4 cm³/mol. The molecule has 0 atom stereocenters. The summed E-state index contributed by atoms with van der Waals surface area (Å²) < 4.78 is 0. The molecule has 0 aromatic heterocycles. The molecule has 132 valence electrons. The summed E-state index contributed by atoms with van der Waals surface area (Å²) >= 11 is 0. The van der Waals surface area contributed by atoms with Crippen molar-refractivity contribution in [3.05, 3.63) is 57.6 Å². The molecule has 26 heavy (non-hydrogen) atoms. The zero-order valence-corrected chi connectivity index (χ0v) is 12.8. The van der Waals surface area contributed by atoms with Gasteiger partial charge in [-0.2, -0.15) is 0 Å². The molecule has 1 aliphatic rings. The average molecular weight is 358 g/mol. The van der Waals surface area contributed by atoms with Crippen LogP contribution < -0.4 is 10.5 Å². The van der Waals surface area contributed by atoms with Crippen LogP contribution in [0.5, 0.6) is 0 Å². The van der Waals surface area contributed by atoms with Crippen LogP contribution in [0.3, 0.4) is 0 Å². The SMILES string of the molecule is O=C1Nc2c(cc([N+](=O)[O-])cc2N(O)O)/C1=N/c1cccc(C(=O)O)c1. The van der Waals surface area contributed by atoms with E-state index in [4.69, 9.17) is 5.11 Å². The molecule has 4 N–H and O–H groups in total. The first-order chi connectivity index (χ1) is 12.3. The van der Waals surface area contributed by atoms with Gasteiger partial charge in [0.25, 0.3) is 11.6 Å². The molecular weight excluding hydrogens is 348 g/mol. The van der Waals surface area contributed by atoms with Gasteiger partial charge in [-0.3, -0.25) is 25.3 Å². The molecule has 1 heterocycles. The maximum atomic E-state index is 12.2. The number of nitrogens with zero attached hydrogens (tertiary/aromatic N) is 3. The Labute approximate surface area is 144 Å². The van der Waals surface area contributed by atoms with E-state index in [0.717, 1.165) is 12.1 Å². The van der Waals surface area contributed by atoms with E-state index in [1.165, 1.54) is 24.3 Å². The second kappa shape index (κ2) is 6.23. The number of fused-ring (bicyclic) bond motifs is 1. The average Bonchev–Trinajstić information content (AvgIpc) is 2.89. The standard InChI is InChI=1S/C15H10N4O7/c20-14-13(16-8-3-1-2-7(4-8)15(21)22)10-5-9(18(23)24)6-11(19(25)26)12(10)17-14/h1-6,25-26H,(H,21,22)(H,16,17,20). The van der Waals surface area contributed by atoms with Crippen LogP contribution in [-0.2, 0) is 4.79 Å². The maximum absolute atomic E-state index is 12.2. The second-order valence-electron chi connectivity index (χ2n) is 5.20. The lowest BCUT2D eigenvalue weighted by Crippen LogP contribution is -2.15. The van der Waals surface area contributed by atoms with Crippen molar-refractivity contribution in [3.8, 4) is 0 Å². The molecule has 2 aromatic carbocycles. The third-order valence-electron chi connectivity index (χ3n) is 3.57. The van der Waals surface area contributed by atoms with Crippen molar-refractivity contribution in [3.63, 3.8) is 0 Å². The van der Waals surface area contributed by atoms with Gasteiger partial charge in [-0.05, 0) is 18.2 Å². The Morgan fingerprint density at radius 3 is 2.58 bits per heavy atom. The largest absolute Gasteiger partial charge is 0.478 e. The highest BCUT2D eigenvalue weighted by Gasteiger charge is 2.32. The number of nitro groups is 1. The number of aromatic carboxylic acids is 1. The van der Waals surface area contributed by atoms with Gasteiger partial charge in [-0.25, -0.2) is 9.79 Å². The minimum atomic E-state index is -1.18. The van der Waals surface area contributed by atoms with Gasteiger partial charge in [0.2, 0.25) is 0 Å². The lowest BCUT2D eigenvalue weighted by atomic mass is 10.1. The van der Waals surface area contributed by atoms with Gasteiger partial charge >= 0.3 is 5.97 Å².